The van der Waals surface area contributed by atoms with Crippen LogP contribution >= 0.6 is 11.6 Å². The highest BCUT2D eigenvalue weighted by molar-refractivity contribution is 7.89. The van der Waals surface area contributed by atoms with Gasteiger partial charge >= 0.3 is 0 Å². The third-order valence-corrected chi connectivity index (χ3v) is 7.19. The van der Waals surface area contributed by atoms with Crippen molar-refractivity contribution in [1.82, 2.24) is 14.1 Å². The van der Waals surface area contributed by atoms with Crippen LogP contribution in [0.3, 0.4) is 0 Å². The van der Waals surface area contributed by atoms with Crippen molar-refractivity contribution < 1.29 is 17.6 Å². The maximum Gasteiger partial charge on any atom is 0.244 e. The number of nitrogens with zero attached hydrogens (tertiary/aromatic N) is 3. The predicted octanol–water partition coefficient (Wildman–Crippen LogP) is 2.44. The van der Waals surface area contributed by atoms with Crippen molar-refractivity contribution in [2.75, 3.05) is 39.8 Å². The molecule has 2 aromatic rings. The number of amides is 1. The number of likely N-dealkylation sites (N-methyl/N-ethyl adjacent to an activating group) is 1. The Labute approximate surface area is 175 Å². The van der Waals surface area contributed by atoms with Gasteiger partial charge in [0.25, 0.3) is 0 Å². The fourth-order valence-electron chi connectivity index (χ4n) is 3.30. The molecule has 3 rings (SSSR count). The van der Waals surface area contributed by atoms with Gasteiger partial charge in [-0.2, -0.15) is 4.31 Å². The minimum absolute atomic E-state index is 0.0799. The van der Waals surface area contributed by atoms with Crippen molar-refractivity contribution in [3.63, 3.8) is 0 Å². The highest BCUT2D eigenvalue weighted by Gasteiger charge is 2.31. The normalized spacial score (nSPS) is 15.7. The maximum atomic E-state index is 13.3. The maximum absolute atomic E-state index is 13.3. The van der Waals surface area contributed by atoms with E-state index >= 15 is 0 Å². The predicted molar refractivity (Wildman–Crippen MR) is 110 cm³/mol. The van der Waals surface area contributed by atoms with Crippen LogP contribution in [-0.4, -0.2) is 68.2 Å². The van der Waals surface area contributed by atoms with E-state index in [0.29, 0.717) is 19.6 Å². The molecule has 29 heavy (non-hydrogen) atoms. The van der Waals surface area contributed by atoms with Crippen LogP contribution in [0.1, 0.15) is 5.56 Å². The molecule has 0 aromatic heterocycles. The molecular formula is C20H23ClFN3O3S. The molecule has 1 fully saturated rings. The zero-order valence-corrected chi connectivity index (χ0v) is 17.7. The first-order valence-corrected chi connectivity index (χ1v) is 11.0. The molecule has 0 radical (unpaired) electrons. The van der Waals surface area contributed by atoms with E-state index in [1.807, 2.05) is 11.0 Å². The van der Waals surface area contributed by atoms with Gasteiger partial charge in [-0.05, 0) is 36.9 Å². The second-order valence-corrected chi connectivity index (χ2v) is 9.33. The summed E-state index contributed by atoms with van der Waals surface area (Å²) in [5.41, 5.74) is 0.788. The Balaban J connectivity index is 1.55. The Morgan fingerprint density at radius 2 is 1.79 bits per heavy atom. The molecule has 0 spiro atoms. The average Bonchev–Trinajstić information content (AvgIpc) is 2.68. The van der Waals surface area contributed by atoms with Crippen molar-refractivity contribution in [1.29, 1.82) is 0 Å². The Hall–Kier alpha value is -2.00. The number of rotatable bonds is 6. The highest BCUT2D eigenvalue weighted by atomic mass is 35.5. The Morgan fingerprint density at radius 3 is 2.45 bits per heavy atom. The molecule has 6 nitrogen and oxygen atoms in total. The number of hydrogen-bond acceptors (Lipinski definition) is 4. The van der Waals surface area contributed by atoms with E-state index in [1.165, 1.54) is 22.5 Å². The van der Waals surface area contributed by atoms with Gasteiger partial charge in [-0.1, -0.05) is 35.9 Å². The number of benzene rings is 2. The lowest BCUT2D eigenvalue weighted by atomic mass is 10.2. The summed E-state index contributed by atoms with van der Waals surface area (Å²) in [6.07, 6.45) is 0. The Bertz CT molecular complexity index is 978. The standard InChI is InChI=1S/C20H23ClFN3O3S/c1-23(14-16-5-4-6-17(22)13-16)15-20(26)24-9-11-25(12-10-24)29(27,28)19-8-3-2-7-18(19)21/h2-8,13H,9-12,14-15H2,1H3. The van der Waals surface area contributed by atoms with Crippen molar-refractivity contribution in [3.8, 4) is 0 Å². The third kappa shape index (κ3) is 5.33. The molecule has 0 N–H and O–H groups in total. The molecule has 1 saturated heterocycles. The van der Waals surface area contributed by atoms with Crippen LogP contribution in [-0.2, 0) is 21.4 Å². The summed E-state index contributed by atoms with van der Waals surface area (Å²) in [4.78, 5) is 16.1. The minimum Gasteiger partial charge on any atom is -0.339 e. The van der Waals surface area contributed by atoms with Gasteiger partial charge < -0.3 is 4.90 Å². The number of carbonyl (C=O) groups is 1. The van der Waals surface area contributed by atoms with Crippen LogP contribution in [0.2, 0.25) is 5.02 Å². The molecule has 9 heteroatoms. The van der Waals surface area contributed by atoms with Gasteiger partial charge in [0.1, 0.15) is 10.7 Å². The molecule has 156 valence electrons. The van der Waals surface area contributed by atoms with Crippen LogP contribution in [0.15, 0.2) is 53.4 Å². The fourth-order valence-corrected chi connectivity index (χ4v) is 5.22. The summed E-state index contributed by atoms with van der Waals surface area (Å²) in [6, 6.07) is 12.6. The lowest BCUT2D eigenvalue weighted by molar-refractivity contribution is -0.133. The number of piperazine rings is 1. The van der Waals surface area contributed by atoms with Gasteiger partial charge in [-0.3, -0.25) is 9.69 Å². The van der Waals surface area contributed by atoms with Gasteiger partial charge in [-0.15, -0.1) is 0 Å². The topological polar surface area (TPSA) is 60.9 Å². The molecule has 1 heterocycles. The van der Waals surface area contributed by atoms with Gasteiger partial charge in [0, 0.05) is 32.7 Å². The molecule has 0 bridgehead atoms. The summed E-state index contributed by atoms with van der Waals surface area (Å²) >= 11 is 6.04. The van der Waals surface area contributed by atoms with E-state index in [1.54, 1.807) is 36.2 Å². The van der Waals surface area contributed by atoms with E-state index in [4.69, 9.17) is 11.6 Å². The number of carbonyl (C=O) groups excluding carboxylic acids is 1. The number of halogens is 2. The summed E-state index contributed by atoms with van der Waals surface area (Å²) < 4.78 is 40.2. The van der Waals surface area contributed by atoms with E-state index in [2.05, 4.69) is 0 Å². The smallest absolute Gasteiger partial charge is 0.244 e. The van der Waals surface area contributed by atoms with E-state index in [9.17, 15) is 17.6 Å². The van der Waals surface area contributed by atoms with Gasteiger partial charge in [-0.25, -0.2) is 12.8 Å². The summed E-state index contributed by atoms with van der Waals surface area (Å²) in [7, 11) is -1.90. The van der Waals surface area contributed by atoms with Crippen LogP contribution in [0.25, 0.3) is 0 Å². The first kappa shape index (κ1) is 21.7. The molecule has 0 unspecified atom stereocenters. The summed E-state index contributed by atoms with van der Waals surface area (Å²) in [6.45, 7) is 1.69. The lowest BCUT2D eigenvalue weighted by Gasteiger charge is -2.35. The third-order valence-electron chi connectivity index (χ3n) is 4.79. The molecule has 1 aliphatic rings. The Kier molecular flexibility index (Phi) is 6.89. The van der Waals surface area contributed by atoms with Crippen molar-refractivity contribution in [3.05, 3.63) is 64.9 Å². The lowest BCUT2D eigenvalue weighted by Crippen LogP contribution is -2.52. The summed E-state index contributed by atoms with van der Waals surface area (Å²) in [5, 5.41) is 0.185. The SMILES string of the molecule is CN(CC(=O)N1CCN(S(=O)(=O)c2ccccc2Cl)CC1)Cc1cccc(F)c1. The highest BCUT2D eigenvalue weighted by Crippen LogP contribution is 2.25. The van der Waals surface area contributed by atoms with Gasteiger partial charge in [0.2, 0.25) is 15.9 Å². The molecule has 0 saturated carbocycles. The van der Waals surface area contributed by atoms with E-state index in [0.717, 1.165) is 5.56 Å². The number of hydrogen-bond donors (Lipinski definition) is 0. The average molecular weight is 440 g/mol. The van der Waals surface area contributed by atoms with Crippen LogP contribution < -0.4 is 0 Å². The quantitative estimate of drug-likeness (QED) is 0.693. The summed E-state index contributed by atoms with van der Waals surface area (Å²) in [5.74, 6) is -0.392. The second kappa shape index (κ2) is 9.21. The molecule has 1 amide bonds. The van der Waals surface area contributed by atoms with Crippen LogP contribution in [0.4, 0.5) is 4.39 Å². The molecule has 0 aliphatic carbocycles. The van der Waals surface area contributed by atoms with Crippen LogP contribution in [0.5, 0.6) is 0 Å². The van der Waals surface area contributed by atoms with Crippen molar-refractivity contribution >= 4 is 27.5 Å². The Morgan fingerprint density at radius 1 is 1.10 bits per heavy atom. The largest absolute Gasteiger partial charge is 0.339 e. The fraction of sp³-hybridized carbons (Fsp3) is 0.350. The van der Waals surface area contributed by atoms with Gasteiger partial charge in [0.05, 0.1) is 11.6 Å². The van der Waals surface area contributed by atoms with E-state index in [-0.39, 0.29) is 41.3 Å². The second-order valence-electron chi connectivity index (χ2n) is 7.02. The van der Waals surface area contributed by atoms with E-state index < -0.39 is 10.0 Å². The molecule has 1 aliphatic heterocycles. The molecule has 0 atom stereocenters. The molecular weight excluding hydrogens is 417 g/mol. The van der Waals surface area contributed by atoms with Gasteiger partial charge in [0.15, 0.2) is 0 Å². The minimum atomic E-state index is -3.69. The monoisotopic (exact) mass is 439 g/mol. The van der Waals surface area contributed by atoms with Crippen molar-refractivity contribution in [2.45, 2.75) is 11.4 Å². The number of sulfonamides is 1. The first-order valence-electron chi connectivity index (χ1n) is 9.23. The zero-order valence-electron chi connectivity index (χ0n) is 16.1. The van der Waals surface area contributed by atoms with Crippen LogP contribution in [0, 0.1) is 5.82 Å². The zero-order chi connectivity index (χ0) is 21.0. The first-order chi connectivity index (χ1) is 13.8. The van der Waals surface area contributed by atoms with Crippen molar-refractivity contribution in [2.24, 2.45) is 0 Å². The molecule has 2 aromatic carbocycles.